The Kier molecular flexibility index (Phi) is 5.20. The molecule has 1 heterocycles. The smallest absolute Gasteiger partial charge is 0.429 e. The van der Waals surface area contributed by atoms with Gasteiger partial charge >= 0.3 is 12.3 Å². The fourth-order valence-corrected chi connectivity index (χ4v) is 2.53. The van der Waals surface area contributed by atoms with Crippen molar-refractivity contribution >= 4 is 0 Å². The van der Waals surface area contributed by atoms with E-state index < -0.39 is 46.6 Å². The highest BCUT2D eigenvalue weighted by Crippen LogP contribution is 2.39. The molecule has 0 saturated carbocycles. The summed E-state index contributed by atoms with van der Waals surface area (Å²) < 4.78 is 112. The number of hydrogen-bond acceptors (Lipinski definition) is 2. The Balaban J connectivity index is 1.92. The van der Waals surface area contributed by atoms with Gasteiger partial charge in [0.25, 0.3) is 0 Å². The molecule has 0 aliphatic carbocycles. The lowest BCUT2D eigenvalue weighted by molar-refractivity contribution is -0.187. The van der Waals surface area contributed by atoms with Gasteiger partial charge in [0, 0.05) is 23.9 Å². The molecule has 0 aliphatic rings. The fraction of sp³-hybridized carbons (Fsp3) is 0.105. The number of benzene rings is 2. The maximum atomic E-state index is 14.3. The van der Waals surface area contributed by atoms with E-state index in [9.17, 15) is 35.1 Å². The van der Waals surface area contributed by atoms with E-state index in [-0.39, 0.29) is 17.7 Å². The molecule has 0 atom stereocenters. The minimum atomic E-state index is -5.37. The molecule has 0 N–H and O–H groups in total. The summed E-state index contributed by atoms with van der Waals surface area (Å²) in [7, 11) is 0. The topological polar surface area (TPSA) is 22.1 Å². The molecule has 2 nitrogen and oxygen atoms in total. The predicted molar refractivity (Wildman–Crippen MR) is 85.5 cm³/mol. The maximum Gasteiger partial charge on any atom is 0.429 e. The Morgan fingerprint density at radius 3 is 1.93 bits per heavy atom. The summed E-state index contributed by atoms with van der Waals surface area (Å²) in [6.07, 6.45) is -8.39. The molecule has 0 fully saturated rings. The summed E-state index contributed by atoms with van der Waals surface area (Å²) in [5, 5.41) is 0. The van der Waals surface area contributed by atoms with Crippen LogP contribution in [0.2, 0.25) is 0 Å². The third-order valence-electron chi connectivity index (χ3n) is 3.79. The molecule has 29 heavy (non-hydrogen) atoms. The number of hydrogen-bond donors (Lipinski definition) is 0. The van der Waals surface area contributed by atoms with Crippen LogP contribution in [0.4, 0.5) is 35.1 Å². The molecule has 0 spiro atoms. The number of rotatable bonds is 4. The van der Waals surface area contributed by atoms with Crippen LogP contribution in [0.5, 0.6) is 5.75 Å². The van der Waals surface area contributed by atoms with Crippen molar-refractivity contribution in [2.75, 3.05) is 0 Å². The molecule has 0 amide bonds. The van der Waals surface area contributed by atoms with Gasteiger partial charge in [-0.2, -0.15) is 22.0 Å². The van der Waals surface area contributed by atoms with Crippen molar-refractivity contribution in [2.24, 2.45) is 0 Å². The predicted octanol–water partition coefficient (Wildman–Crippen LogP) is 6.31. The number of ether oxygens (including phenoxy) is 1. The van der Waals surface area contributed by atoms with E-state index in [1.54, 1.807) is 12.1 Å². The van der Waals surface area contributed by atoms with Crippen LogP contribution in [0.25, 0.3) is 11.3 Å². The summed E-state index contributed by atoms with van der Waals surface area (Å²) in [6, 6.07) is 7.14. The Bertz CT molecular complexity index is 1010. The second kappa shape index (κ2) is 7.34. The lowest BCUT2D eigenvalue weighted by atomic mass is 10.1. The first-order valence-corrected chi connectivity index (χ1v) is 7.83. The van der Waals surface area contributed by atoms with Gasteiger partial charge in [-0.25, -0.2) is 13.2 Å². The first-order valence-electron chi connectivity index (χ1n) is 7.83. The van der Waals surface area contributed by atoms with Crippen LogP contribution in [0, 0.1) is 17.5 Å². The summed E-state index contributed by atoms with van der Waals surface area (Å²) in [5.74, 6) is -6.94. The van der Waals surface area contributed by atoms with Gasteiger partial charge in [-0.1, -0.05) is 12.1 Å². The molecule has 10 heteroatoms. The van der Waals surface area contributed by atoms with Crippen molar-refractivity contribution in [1.29, 1.82) is 0 Å². The number of nitrogens with zero attached hydrogens (tertiary/aromatic N) is 1. The zero-order valence-electron chi connectivity index (χ0n) is 14.1. The average Bonchev–Trinajstić information content (AvgIpc) is 2.59. The maximum absolute atomic E-state index is 14.3. The van der Waals surface area contributed by atoms with Gasteiger partial charge in [-0.05, 0) is 24.3 Å². The average molecular weight is 419 g/mol. The van der Waals surface area contributed by atoms with Crippen molar-refractivity contribution in [3.05, 3.63) is 83.3 Å². The van der Waals surface area contributed by atoms with E-state index in [2.05, 4.69) is 9.72 Å². The standard InChI is InChI=1S/C19H9F8NO/c20-13-7-10(16-3-1-2-6-28-16)4-5-12(13)19(26,27)29-11-8-14(21)17(15(22)9-11)18(23,24)25/h1-9H. The minimum Gasteiger partial charge on any atom is -0.429 e. The van der Waals surface area contributed by atoms with Gasteiger partial charge < -0.3 is 4.74 Å². The molecule has 0 radical (unpaired) electrons. The Morgan fingerprint density at radius 1 is 0.759 bits per heavy atom. The molecular weight excluding hydrogens is 410 g/mol. The Morgan fingerprint density at radius 2 is 1.41 bits per heavy atom. The van der Waals surface area contributed by atoms with Crippen LogP contribution in [0.1, 0.15) is 11.1 Å². The highest BCUT2D eigenvalue weighted by atomic mass is 19.4. The zero-order valence-corrected chi connectivity index (χ0v) is 14.1. The summed E-state index contributed by atoms with van der Waals surface area (Å²) in [6.45, 7) is 0. The molecule has 0 saturated heterocycles. The molecule has 1 aromatic heterocycles. The van der Waals surface area contributed by atoms with Crippen molar-refractivity contribution in [3.63, 3.8) is 0 Å². The quantitative estimate of drug-likeness (QED) is 0.462. The van der Waals surface area contributed by atoms with Crippen molar-refractivity contribution in [3.8, 4) is 17.0 Å². The number of alkyl halides is 5. The monoisotopic (exact) mass is 419 g/mol. The summed E-state index contributed by atoms with van der Waals surface area (Å²) in [5.41, 5.74) is -3.06. The van der Waals surface area contributed by atoms with Gasteiger partial charge in [0.05, 0.1) is 11.3 Å². The highest BCUT2D eigenvalue weighted by Gasteiger charge is 2.41. The van der Waals surface area contributed by atoms with Gasteiger partial charge in [0.15, 0.2) is 0 Å². The van der Waals surface area contributed by atoms with Crippen LogP contribution < -0.4 is 4.74 Å². The van der Waals surface area contributed by atoms with E-state index in [1.807, 2.05) is 0 Å². The first-order chi connectivity index (χ1) is 13.5. The normalized spacial score (nSPS) is 12.1. The van der Waals surface area contributed by atoms with Crippen LogP contribution in [0.3, 0.4) is 0 Å². The lowest BCUT2D eigenvalue weighted by Crippen LogP contribution is -2.24. The van der Waals surface area contributed by atoms with Crippen molar-refractivity contribution < 1.29 is 39.9 Å². The molecule has 152 valence electrons. The largest absolute Gasteiger partial charge is 0.429 e. The summed E-state index contributed by atoms with van der Waals surface area (Å²) in [4.78, 5) is 3.94. The van der Waals surface area contributed by atoms with E-state index >= 15 is 0 Å². The van der Waals surface area contributed by atoms with Gasteiger partial charge in [0.2, 0.25) is 0 Å². The van der Waals surface area contributed by atoms with E-state index in [4.69, 9.17) is 0 Å². The third kappa shape index (κ3) is 4.30. The second-order valence-electron chi connectivity index (χ2n) is 5.79. The number of pyridine rings is 1. The molecule has 0 bridgehead atoms. The SMILES string of the molecule is Fc1cc(-c2ccccn2)ccc1C(F)(F)Oc1cc(F)c(C(F)(F)F)c(F)c1. The minimum absolute atomic E-state index is 0.0556. The van der Waals surface area contributed by atoms with Crippen LogP contribution in [-0.2, 0) is 12.3 Å². The highest BCUT2D eigenvalue weighted by molar-refractivity contribution is 5.59. The second-order valence-corrected chi connectivity index (χ2v) is 5.79. The molecule has 2 aromatic carbocycles. The lowest BCUT2D eigenvalue weighted by Gasteiger charge is -2.20. The Hall–Kier alpha value is -3.17. The first kappa shape index (κ1) is 20.6. The molecule has 0 aliphatic heterocycles. The zero-order chi connectivity index (χ0) is 21.4. The number of halogens is 8. The molecule has 3 aromatic rings. The van der Waals surface area contributed by atoms with Crippen molar-refractivity contribution in [1.82, 2.24) is 4.98 Å². The van der Waals surface area contributed by atoms with E-state index in [0.29, 0.717) is 11.8 Å². The van der Waals surface area contributed by atoms with Crippen LogP contribution in [0.15, 0.2) is 54.7 Å². The van der Waals surface area contributed by atoms with Crippen LogP contribution >= 0.6 is 0 Å². The van der Waals surface area contributed by atoms with Crippen molar-refractivity contribution in [2.45, 2.75) is 12.3 Å². The van der Waals surface area contributed by atoms with Crippen LogP contribution in [-0.4, -0.2) is 4.98 Å². The van der Waals surface area contributed by atoms with E-state index in [0.717, 1.165) is 12.1 Å². The Labute approximate surface area is 158 Å². The van der Waals surface area contributed by atoms with Gasteiger partial charge in [-0.3, -0.25) is 4.98 Å². The number of aromatic nitrogens is 1. The van der Waals surface area contributed by atoms with E-state index in [1.165, 1.54) is 12.3 Å². The molecule has 3 rings (SSSR count). The third-order valence-corrected chi connectivity index (χ3v) is 3.79. The molecule has 0 unspecified atom stereocenters. The molecular formula is C19H9F8NO. The van der Waals surface area contributed by atoms with Gasteiger partial charge in [0.1, 0.15) is 28.8 Å². The fourth-order valence-electron chi connectivity index (χ4n) is 2.53. The summed E-state index contributed by atoms with van der Waals surface area (Å²) >= 11 is 0. The van der Waals surface area contributed by atoms with Gasteiger partial charge in [-0.15, -0.1) is 0 Å².